The molecule has 102 valence electrons. The normalized spacial score (nSPS) is 12.0. The number of hydrogen-bond acceptors (Lipinski definition) is 1. The summed E-state index contributed by atoms with van der Waals surface area (Å²) in [5.74, 6) is -7.55. The minimum atomic E-state index is -1.55. The lowest BCUT2D eigenvalue weighted by Gasteiger charge is -2.13. The number of nitrogens with zero attached hydrogens (tertiary/aromatic N) is 1. The lowest BCUT2D eigenvalue weighted by atomic mass is 9.91. The van der Waals surface area contributed by atoms with Gasteiger partial charge in [0.15, 0.2) is 23.3 Å². The van der Waals surface area contributed by atoms with E-state index in [-0.39, 0.29) is 11.6 Å². The predicted molar refractivity (Wildman–Crippen MR) is 64.9 cm³/mol. The maximum atomic E-state index is 13.7. The van der Waals surface area contributed by atoms with Gasteiger partial charge in [-0.25, -0.2) is 17.6 Å². The molecule has 0 fully saturated rings. The first kappa shape index (κ1) is 14.1. The molecule has 2 rings (SSSR count). The summed E-state index contributed by atoms with van der Waals surface area (Å²) in [5, 5.41) is 9.10. The summed E-state index contributed by atoms with van der Waals surface area (Å²) in [5.41, 5.74) is 0.242. The zero-order valence-electron chi connectivity index (χ0n) is 10.4. The number of benzene rings is 2. The molecule has 0 heterocycles. The molecule has 2 aromatic rings. The van der Waals surface area contributed by atoms with Crippen LogP contribution in [-0.2, 0) is 0 Å². The molecular formula is C15H9F4N. The molecule has 0 saturated carbocycles. The van der Waals surface area contributed by atoms with Crippen LogP contribution in [-0.4, -0.2) is 0 Å². The summed E-state index contributed by atoms with van der Waals surface area (Å²) in [6.45, 7) is 1.80. The lowest BCUT2D eigenvalue weighted by molar-refractivity contribution is 0.438. The highest BCUT2D eigenvalue weighted by molar-refractivity contribution is 5.41. The van der Waals surface area contributed by atoms with E-state index < -0.39 is 34.8 Å². The Morgan fingerprint density at radius 2 is 1.45 bits per heavy atom. The second-order valence-electron chi connectivity index (χ2n) is 4.35. The third-order valence-corrected chi connectivity index (χ3v) is 2.97. The lowest BCUT2D eigenvalue weighted by Crippen LogP contribution is -2.09. The molecule has 1 atom stereocenters. The first-order valence-electron chi connectivity index (χ1n) is 5.74. The van der Waals surface area contributed by atoms with Crippen molar-refractivity contribution in [2.75, 3.05) is 0 Å². The summed E-state index contributed by atoms with van der Waals surface area (Å²) >= 11 is 0. The summed E-state index contributed by atoms with van der Waals surface area (Å²) in [4.78, 5) is 0. The summed E-state index contributed by atoms with van der Waals surface area (Å²) in [6.07, 6.45) is 0. The zero-order chi connectivity index (χ0) is 14.9. The van der Waals surface area contributed by atoms with Crippen molar-refractivity contribution >= 4 is 0 Å². The van der Waals surface area contributed by atoms with Crippen LogP contribution in [0.4, 0.5) is 17.6 Å². The zero-order valence-corrected chi connectivity index (χ0v) is 10.4. The van der Waals surface area contributed by atoms with Crippen LogP contribution in [0.2, 0.25) is 0 Å². The average molecular weight is 279 g/mol. The van der Waals surface area contributed by atoms with Gasteiger partial charge in [-0.2, -0.15) is 5.26 Å². The van der Waals surface area contributed by atoms with Crippen molar-refractivity contribution in [2.45, 2.75) is 12.8 Å². The molecule has 0 aliphatic heterocycles. The van der Waals surface area contributed by atoms with Crippen LogP contribution in [0.1, 0.15) is 22.6 Å². The van der Waals surface area contributed by atoms with E-state index >= 15 is 0 Å². The molecule has 1 nitrogen and oxygen atoms in total. The molecule has 0 bridgehead atoms. The molecule has 0 amide bonds. The predicted octanol–water partition coefficient (Wildman–Crippen LogP) is 4.21. The third-order valence-electron chi connectivity index (χ3n) is 2.97. The van der Waals surface area contributed by atoms with E-state index in [1.54, 1.807) is 25.1 Å². The van der Waals surface area contributed by atoms with E-state index in [0.29, 0.717) is 0 Å². The summed E-state index contributed by atoms with van der Waals surface area (Å²) in [7, 11) is 0. The van der Waals surface area contributed by atoms with Crippen LogP contribution < -0.4 is 0 Å². The minimum absolute atomic E-state index is 0.123. The highest BCUT2D eigenvalue weighted by Crippen LogP contribution is 2.31. The second kappa shape index (κ2) is 5.33. The van der Waals surface area contributed by atoms with Crippen LogP contribution in [0.15, 0.2) is 30.3 Å². The van der Waals surface area contributed by atoms with Gasteiger partial charge in [-0.3, -0.25) is 0 Å². The Balaban J connectivity index is 2.64. The van der Waals surface area contributed by atoms with Crippen molar-refractivity contribution < 1.29 is 17.6 Å². The first-order valence-corrected chi connectivity index (χ1v) is 5.74. The van der Waals surface area contributed by atoms with Crippen molar-refractivity contribution in [2.24, 2.45) is 0 Å². The summed E-state index contributed by atoms with van der Waals surface area (Å²) in [6, 6.07) is 8.07. The van der Waals surface area contributed by atoms with Gasteiger partial charge in [0, 0.05) is 6.07 Å². The van der Waals surface area contributed by atoms with Crippen molar-refractivity contribution in [3.05, 3.63) is 70.3 Å². The Hall–Kier alpha value is -2.35. The molecule has 20 heavy (non-hydrogen) atoms. The van der Waals surface area contributed by atoms with Crippen molar-refractivity contribution in [3.8, 4) is 6.07 Å². The van der Waals surface area contributed by atoms with Gasteiger partial charge in [-0.1, -0.05) is 29.8 Å². The van der Waals surface area contributed by atoms with Gasteiger partial charge in [0.2, 0.25) is 0 Å². The topological polar surface area (TPSA) is 23.8 Å². The first-order chi connectivity index (χ1) is 9.45. The molecule has 0 N–H and O–H groups in total. The molecule has 2 aromatic carbocycles. The number of hydrogen-bond donors (Lipinski definition) is 0. The molecule has 0 spiro atoms. The van der Waals surface area contributed by atoms with Crippen LogP contribution in [0.5, 0.6) is 0 Å². The van der Waals surface area contributed by atoms with Crippen molar-refractivity contribution in [3.63, 3.8) is 0 Å². The van der Waals surface area contributed by atoms with E-state index in [1.165, 1.54) is 12.1 Å². The molecule has 1 unspecified atom stereocenters. The van der Waals surface area contributed by atoms with Crippen LogP contribution in [0.25, 0.3) is 0 Å². The SMILES string of the molecule is Cc1ccc(C(C#N)c2c(F)c(F)cc(F)c2F)cc1. The van der Waals surface area contributed by atoms with Gasteiger partial charge in [-0.15, -0.1) is 0 Å². The molecule has 0 saturated heterocycles. The standard InChI is InChI=1S/C15H9F4N/c1-8-2-4-9(5-3-8)10(7-20)13-14(18)11(16)6-12(17)15(13)19/h2-6,10H,1H3. The quantitative estimate of drug-likeness (QED) is 0.597. The molecule has 0 aliphatic carbocycles. The number of nitriles is 1. The van der Waals surface area contributed by atoms with Gasteiger partial charge in [0.25, 0.3) is 0 Å². The highest BCUT2D eigenvalue weighted by atomic mass is 19.2. The van der Waals surface area contributed by atoms with Crippen molar-refractivity contribution in [1.29, 1.82) is 5.26 Å². The van der Waals surface area contributed by atoms with Crippen LogP contribution in [0.3, 0.4) is 0 Å². The van der Waals surface area contributed by atoms with Gasteiger partial charge in [-0.05, 0) is 12.5 Å². The van der Waals surface area contributed by atoms with Gasteiger partial charge in [0.05, 0.1) is 11.6 Å². The smallest absolute Gasteiger partial charge is 0.166 e. The van der Waals surface area contributed by atoms with Gasteiger partial charge < -0.3 is 0 Å². The van der Waals surface area contributed by atoms with E-state index in [1.807, 2.05) is 0 Å². The molecule has 0 aliphatic rings. The largest absolute Gasteiger partial charge is 0.204 e. The Kier molecular flexibility index (Phi) is 3.75. The maximum absolute atomic E-state index is 13.7. The fourth-order valence-corrected chi connectivity index (χ4v) is 1.91. The minimum Gasteiger partial charge on any atom is -0.204 e. The van der Waals surface area contributed by atoms with E-state index in [2.05, 4.69) is 0 Å². The number of aryl methyl sites for hydroxylation is 1. The van der Waals surface area contributed by atoms with E-state index in [4.69, 9.17) is 5.26 Å². The van der Waals surface area contributed by atoms with E-state index in [9.17, 15) is 17.6 Å². The van der Waals surface area contributed by atoms with Crippen molar-refractivity contribution in [1.82, 2.24) is 0 Å². The fourth-order valence-electron chi connectivity index (χ4n) is 1.91. The van der Waals surface area contributed by atoms with Crippen LogP contribution in [0, 0.1) is 41.5 Å². The number of rotatable bonds is 2. The number of halogens is 4. The van der Waals surface area contributed by atoms with Crippen LogP contribution >= 0.6 is 0 Å². The average Bonchev–Trinajstić information content (AvgIpc) is 2.43. The maximum Gasteiger partial charge on any atom is 0.166 e. The molecule has 0 aromatic heterocycles. The van der Waals surface area contributed by atoms with E-state index in [0.717, 1.165) is 5.56 Å². The monoisotopic (exact) mass is 279 g/mol. The third kappa shape index (κ3) is 2.37. The van der Waals surface area contributed by atoms with Gasteiger partial charge >= 0.3 is 0 Å². The molecule has 5 heteroatoms. The summed E-state index contributed by atoms with van der Waals surface area (Å²) < 4.78 is 53.8. The fraction of sp³-hybridized carbons (Fsp3) is 0.133. The highest BCUT2D eigenvalue weighted by Gasteiger charge is 2.27. The second-order valence-corrected chi connectivity index (χ2v) is 4.35. The molecular weight excluding hydrogens is 270 g/mol. The van der Waals surface area contributed by atoms with Gasteiger partial charge in [0.1, 0.15) is 5.92 Å². The Morgan fingerprint density at radius 3 is 1.90 bits per heavy atom. The Morgan fingerprint density at radius 1 is 0.950 bits per heavy atom. The Labute approximate surface area is 113 Å². The molecule has 0 radical (unpaired) electrons. The Bertz CT molecular complexity index is 660.